The molecule has 0 saturated carbocycles. The third kappa shape index (κ3) is 10.1. The van der Waals surface area contributed by atoms with E-state index in [2.05, 4.69) is 109 Å². The van der Waals surface area contributed by atoms with Gasteiger partial charge in [0.15, 0.2) is 9.54 Å². The Morgan fingerprint density at radius 3 is 1.33 bits per heavy atom. The summed E-state index contributed by atoms with van der Waals surface area (Å²) in [6.45, 7) is 17.4. The molecule has 4 nitrogen and oxygen atoms in total. The molecule has 0 aliphatic carbocycles. The van der Waals surface area contributed by atoms with Crippen molar-refractivity contribution < 1.29 is 0 Å². The highest BCUT2D eigenvalue weighted by Crippen LogP contribution is 2.30. The molecule has 0 unspecified atom stereocenters. The predicted octanol–water partition coefficient (Wildman–Crippen LogP) is 8.75. The third-order valence-electron chi connectivity index (χ3n) is 6.97. The molecule has 0 N–H and O–H groups in total. The molecule has 0 aliphatic rings. The van der Waals surface area contributed by atoms with Gasteiger partial charge in [-0.25, -0.2) is 0 Å². The number of hydrogen-bond acceptors (Lipinski definition) is 6. The molecule has 2 heterocycles. The molecule has 2 aromatic heterocycles. The highest BCUT2D eigenvalue weighted by molar-refractivity contribution is 8.02. The first-order valence-electron chi connectivity index (χ1n) is 13.0. The molecule has 0 amide bonds. The lowest BCUT2D eigenvalue weighted by Crippen LogP contribution is -2.17. The first kappa shape index (κ1) is 32.5. The number of aryl methyl sites for hydroxylation is 2. The van der Waals surface area contributed by atoms with Crippen LogP contribution in [0, 0.1) is 20.4 Å². The summed E-state index contributed by atoms with van der Waals surface area (Å²) in [6, 6.07) is 0. The standard InChI is InChI=1S/C26H46N4S6/c1-7-27-19-21(31)29(23(27)33)13-9-25(3,4)11-15-35-17-18-36-16-12-26(5,6)10-14-30-22(32)20-28(8-2)24(30)34/h19-20,31-32H,7-18H2,1-6H3. The second-order valence-corrected chi connectivity index (χ2v) is 15.1. The first-order chi connectivity index (χ1) is 16.9. The fraction of sp³-hybridized carbons (Fsp3) is 0.769. The number of imidazole rings is 2. The largest absolute Gasteiger partial charge is 0.323 e. The zero-order valence-corrected chi connectivity index (χ0v) is 28.0. The Balaban J connectivity index is 1.59. The van der Waals surface area contributed by atoms with Gasteiger partial charge in [-0.05, 0) is 86.3 Å². The van der Waals surface area contributed by atoms with Crippen molar-refractivity contribution in [2.45, 2.75) is 103 Å². The minimum absolute atomic E-state index is 0.307. The highest BCUT2D eigenvalue weighted by Gasteiger charge is 2.20. The van der Waals surface area contributed by atoms with Crippen LogP contribution in [0.3, 0.4) is 0 Å². The van der Waals surface area contributed by atoms with Crippen molar-refractivity contribution >= 4 is 73.2 Å². The number of nitrogens with zero attached hydrogens (tertiary/aromatic N) is 4. The summed E-state index contributed by atoms with van der Waals surface area (Å²) in [7, 11) is 0. The zero-order chi connectivity index (χ0) is 26.9. The van der Waals surface area contributed by atoms with Gasteiger partial charge in [0.2, 0.25) is 0 Å². The van der Waals surface area contributed by atoms with E-state index in [0.717, 1.165) is 58.6 Å². The van der Waals surface area contributed by atoms with Crippen LogP contribution in [-0.4, -0.2) is 41.3 Å². The Labute approximate surface area is 249 Å². The molecule has 0 aliphatic heterocycles. The van der Waals surface area contributed by atoms with Crippen LogP contribution in [0.2, 0.25) is 0 Å². The Hall–Kier alpha value is 0.260. The Morgan fingerprint density at radius 1 is 0.667 bits per heavy atom. The summed E-state index contributed by atoms with van der Waals surface area (Å²) in [4.78, 5) is 0. The molecule has 0 fully saturated rings. The molecule has 0 spiro atoms. The van der Waals surface area contributed by atoms with Crippen LogP contribution in [0.15, 0.2) is 22.4 Å². The van der Waals surface area contributed by atoms with Gasteiger partial charge >= 0.3 is 0 Å². The van der Waals surface area contributed by atoms with Crippen LogP contribution in [0.4, 0.5) is 0 Å². The van der Waals surface area contributed by atoms with E-state index in [9.17, 15) is 0 Å². The fourth-order valence-corrected chi connectivity index (χ4v) is 8.30. The normalized spacial score (nSPS) is 12.6. The maximum absolute atomic E-state index is 5.59. The van der Waals surface area contributed by atoms with E-state index >= 15 is 0 Å². The molecule has 0 radical (unpaired) electrons. The van der Waals surface area contributed by atoms with Gasteiger partial charge in [0.1, 0.15) is 0 Å². The maximum Gasteiger partial charge on any atom is 0.180 e. The molecular formula is C26H46N4S6. The monoisotopic (exact) mass is 606 g/mol. The highest BCUT2D eigenvalue weighted by atomic mass is 32.2. The molecule has 0 saturated heterocycles. The van der Waals surface area contributed by atoms with E-state index < -0.39 is 0 Å². The number of thiol groups is 2. The lowest BCUT2D eigenvalue weighted by molar-refractivity contribution is 0.299. The van der Waals surface area contributed by atoms with Gasteiger partial charge in [-0.1, -0.05) is 27.7 Å². The Bertz CT molecular complexity index is 975. The van der Waals surface area contributed by atoms with Crippen molar-refractivity contribution in [3.05, 3.63) is 21.9 Å². The summed E-state index contributed by atoms with van der Waals surface area (Å²) in [5, 5.41) is 1.94. The quantitative estimate of drug-likeness (QED) is 0.107. The van der Waals surface area contributed by atoms with Gasteiger partial charge < -0.3 is 18.3 Å². The number of rotatable bonds is 17. The van der Waals surface area contributed by atoms with E-state index in [4.69, 9.17) is 24.4 Å². The Kier molecular flexibility index (Phi) is 13.7. The maximum atomic E-state index is 5.59. The van der Waals surface area contributed by atoms with Gasteiger partial charge in [-0.2, -0.15) is 23.5 Å². The van der Waals surface area contributed by atoms with Crippen molar-refractivity contribution in [1.29, 1.82) is 0 Å². The van der Waals surface area contributed by atoms with Crippen LogP contribution >= 0.6 is 73.2 Å². The van der Waals surface area contributed by atoms with Crippen LogP contribution in [0.25, 0.3) is 0 Å². The van der Waals surface area contributed by atoms with Gasteiger partial charge in [-0.3, -0.25) is 0 Å². The number of aromatic nitrogens is 4. The lowest BCUT2D eigenvalue weighted by Gasteiger charge is -2.25. The summed E-state index contributed by atoms with van der Waals surface area (Å²) >= 11 is 24.6. The second kappa shape index (κ2) is 15.2. The van der Waals surface area contributed by atoms with Crippen molar-refractivity contribution in [2.24, 2.45) is 10.8 Å². The molecule has 36 heavy (non-hydrogen) atoms. The van der Waals surface area contributed by atoms with Crippen LogP contribution in [0.1, 0.15) is 67.2 Å². The average molecular weight is 607 g/mol. The van der Waals surface area contributed by atoms with Gasteiger partial charge in [0.05, 0.1) is 10.1 Å². The molecule has 2 aromatic rings. The molecule has 0 atom stereocenters. The van der Waals surface area contributed by atoms with Crippen LogP contribution < -0.4 is 0 Å². The van der Waals surface area contributed by atoms with E-state index in [0.29, 0.717) is 10.8 Å². The first-order valence-corrected chi connectivity index (χ1v) is 17.1. The van der Waals surface area contributed by atoms with E-state index in [-0.39, 0.29) is 0 Å². The number of thioether (sulfide) groups is 2. The molecular weight excluding hydrogens is 561 g/mol. The van der Waals surface area contributed by atoms with Crippen molar-refractivity contribution in [2.75, 3.05) is 23.0 Å². The number of hydrogen-bond donors (Lipinski definition) is 2. The van der Waals surface area contributed by atoms with Crippen LogP contribution in [-0.2, 0) is 26.2 Å². The fourth-order valence-electron chi connectivity index (χ4n) is 4.01. The van der Waals surface area contributed by atoms with Crippen molar-refractivity contribution in [3.63, 3.8) is 0 Å². The van der Waals surface area contributed by atoms with Gasteiger partial charge in [-0.15, -0.1) is 25.3 Å². The molecule has 0 aromatic carbocycles. The Morgan fingerprint density at radius 2 is 1.03 bits per heavy atom. The zero-order valence-electron chi connectivity index (χ0n) is 23.0. The van der Waals surface area contributed by atoms with E-state index in [1.165, 1.54) is 35.9 Å². The minimum atomic E-state index is 0.307. The topological polar surface area (TPSA) is 19.7 Å². The molecule has 0 bridgehead atoms. The molecule has 2 rings (SSSR count). The molecule has 206 valence electrons. The minimum Gasteiger partial charge on any atom is -0.323 e. The van der Waals surface area contributed by atoms with Gasteiger partial charge in [0.25, 0.3) is 0 Å². The summed E-state index contributed by atoms with van der Waals surface area (Å²) in [5.74, 6) is 4.90. The third-order valence-corrected chi connectivity index (χ3v) is 10.8. The van der Waals surface area contributed by atoms with Gasteiger partial charge in [0, 0.05) is 50.1 Å². The SMILES string of the molecule is CCn1cc(S)n(CCC(C)(C)CCSCCSCCC(C)(C)CCn2c(S)cn(CC)c2=S)c1=S. The van der Waals surface area contributed by atoms with E-state index in [1.807, 2.05) is 12.4 Å². The average Bonchev–Trinajstić information content (AvgIpc) is 3.25. The smallest absolute Gasteiger partial charge is 0.180 e. The van der Waals surface area contributed by atoms with Crippen molar-refractivity contribution in [1.82, 2.24) is 18.3 Å². The lowest BCUT2D eigenvalue weighted by atomic mass is 9.86. The van der Waals surface area contributed by atoms with Crippen molar-refractivity contribution in [3.8, 4) is 0 Å². The second-order valence-electron chi connectivity index (χ2n) is 11.0. The predicted molar refractivity (Wildman–Crippen MR) is 173 cm³/mol. The molecule has 10 heteroatoms. The summed E-state index contributed by atoms with van der Waals surface area (Å²) in [6.07, 6.45) is 8.80. The summed E-state index contributed by atoms with van der Waals surface area (Å²) < 4.78 is 10.3. The summed E-state index contributed by atoms with van der Waals surface area (Å²) in [5.41, 5.74) is 0.614. The van der Waals surface area contributed by atoms with E-state index in [1.54, 1.807) is 0 Å². The van der Waals surface area contributed by atoms with Crippen LogP contribution in [0.5, 0.6) is 0 Å².